The molecule has 2 N–H and O–H groups in total. The lowest BCUT2D eigenvalue weighted by molar-refractivity contribution is 0.102. The fourth-order valence-corrected chi connectivity index (χ4v) is 2.41. The predicted octanol–water partition coefficient (Wildman–Crippen LogP) is 3.95. The van der Waals surface area contributed by atoms with Crippen molar-refractivity contribution in [2.45, 2.75) is 20.0 Å². The SMILES string of the molecule is CCNCc1cccc(NC(=O)c2cccc(CN(C)C)c2)c1.Cl.Cl. The van der Waals surface area contributed by atoms with E-state index in [0.29, 0.717) is 5.56 Å². The van der Waals surface area contributed by atoms with Gasteiger partial charge >= 0.3 is 0 Å². The number of nitrogens with zero attached hydrogens (tertiary/aromatic N) is 1. The fraction of sp³-hybridized carbons (Fsp3) is 0.316. The monoisotopic (exact) mass is 383 g/mol. The number of carbonyl (C=O) groups excluding carboxylic acids is 1. The molecule has 0 saturated carbocycles. The minimum Gasteiger partial charge on any atom is -0.322 e. The summed E-state index contributed by atoms with van der Waals surface area (Å²) in [6.07, 6.45) is 0. The molecular weight excluding hydrogens is 357 g/mol. The Morgan fingerprint density at radius 1 is 1.00 bits per heavy atom. The molecule has 0 aliphatic heterocycles. The highest BCUT2D eigenvalue weighted by atomic mass is 35.5. The first-order valence-corrected chi connectivity index (χ1v) is 7.93. The Hall–Kier alpha value is -1.59. The number of carbonyl (C=O) groups is 1. The third-order valence-electron chi connectivity index (χ3n) is 3.45. The van der Waals surface area contributed by atoms with Gasteiger partial charge in [0.15, 0.2) is 0 Å². The van der Waals surface area contributed by atoms with E-state index in [1.807, 2.05) is 56.6 Å². The number of hydrogen-bond donors (Lipinski definition) is 2. The predicted molar refractivity (Wildman–Crippen MR) is 110 cm³/mol. The molecule has 0 fully saturated rings. The molecule has 0 saturated heterocycles. The van der Waals surface area contributed by atoms with Gasteiger partial charge in [-0.3, -0.25) is 4.79 Å². The second-order valence-corrected chi connectivity index (χ2v) is 5.87. The Bertz CT molecular complexity index is 663. The van der Waals surface area contributed by atoms with Crippen molar-refractivity contribution in [3.63, 3.8) is 0 Å². The number of nitrogens with one attached hydrogen (secondary N) is 2. The largest absolute Gasteiger partial charge is 0.322 e. The summed E-state index contributed by atoms with van der Waals surface area (Å²) in [6, 6.07) is 15.7. The van der Waals surface area contributed by atoms with Crippen LogP contribution >= 0.6 is 24.8 Å². The first-order valence-electron chi connectivity index (χ1n) is 7.93. The van der Waals surface area contributed by atoms with E-state index in [9.17, 15) is 4.79 Å². The van der Waals surface area contributed by atoms with E-state index >= 15 is 0 Å². The zero-order chi connectivity index (χ0) is 16.7. The number of rotatable bonds is 7. The van der Waals surface area contributed by atoms with E-state index in [0.717, 1.165) is 36.4 Å². The van der Waals surface area contributed by atoms with Crippen LogP contribution in [0, 0.1) is 0 Å². The zero-order valence-electron chi connectivity index (χ0n) is 14.9. The van der Waals surface area contributed by atoms with Gasteiger partial charge in [0.25, 0.3) is 5.91 Å². The summed E-state index contributed by atoms with van der Waals surface area (Å²) in [5, 5.41) is 6.26. The molecule has 0 unspecified atom stereocenters. The van der Waals surface area contributed by atoms with Crippen LogP contribution in [0.3, 0.4) is 0 Å². The van der Waals surface area contributed by atoms with Crippen molar-refractivity contribution in [1.82, 2.24) is 10.2 Å². The van der Waals surface area contributed by atoms with E-state index in [-0.39, 0.29) is 30.7 Å². The van der Waals surface area contributed by atoms with E-state index in [1.54, 1.807) is 0 Å². The van der Waals surface area contributed by atoms with Crippen molar-refractivity contribution in [3.05, 3.63) is 65.2 Å². The minimum absolute atomic E-state index is 0. The molecule has 2 rings (SSSR count). The van der Waals surface area contributed by atoms with E-state index < -0.39 is 0 Å². The smallest absolute Gasteiger partial charge is 0.255 e. The molecule has 2 aromatic rings. The average Bonchev–Trinajstić information content (AvgIpc) is 2.53. The third-order valence-corrected chi connectivity index (χ3v) is 3.45. The maximum Gasteiger partial charge on any atom is 0.255 e. The van der Waals surface area contributed by atoms with Crippen LogP contribution in [0.2, 0.25) is 0 Å². The summed E-state index contributed by atoms with van der Waals surface area (Å²) < 4.78 is 0. The van der Waals surface area contributed by atoms with Crippen LogP contribution in [0.15, 0.2) is 48.5 Å². The Morgan fingerprint density at radius 3 is 2.36 bits per heavy atom. The molecule has 0 heterocycles. The van der Waals surface area contributed by atoms with Crippen molar-refractivity contribution in [2.75, 3.05) is 26.0 Å². The fourth-order valence-electron chi connectivity index (χ4n) is 2.41. The number of benzene rings is 2. The molecule has 1 amide bonds. The van der Waals surface area contributed by atoms with Crippen molar-refractivity contribution >= 4 is 36.4 Å². The average molecular weight is 384 g/mol. The quantitative estimate of drug-likeness (QED) is 0.760. The Labute approximate surface area is 162 Å². The number of amides is 1. The van der Waals surface area contributed by atoms with Crippen LogP contribution in [0.25, 0.3) is 0 Å². The second kappa shape index (κ2) is 11.9. The van der Waals surface area contributed by atoms with Gasteiger partial charge in [-0.05, 0) is 56.0 Å². The lowest BCUT2D eigenvalue weighted by atomic mass is 10.1. The summed E-state index contributed by atoms with van der Waals surface area (Å²) in [5.74, 6) is -0.0776. The molecule has 4 nitrogen and oxygen atoms in total. The molecule has 0 aliphatic rings. The highest BCUT2D eigenvalue weighted by Crippen LogP contribution is 2.13. The Kier molecular flexibility index (Phi) is 11.1. The first kappa shape index (κ1) is 23.4. The van der Waals surface area contributed by atoms with Gasteiger partial charge in [0.2, 0.25) is 0 Å². The number of hydrogen-bond acceptors (Lipinski definition) is 3. The molecule has 0 atom stereocenters. The highest BCUT2D eigenvalue weighted by Gasteiger charge is 2.07. The number of halogens is 2. The summed E-state index contributed by atoms with van der Waals surface area (Å²) in [4.78, 5) is 14.5. The molecule has 138 valence electrons. The maximum atomic E-state index is 12.4. The van der Waals surface area contributed by atoms with Crippen molar-refractivity contribution < 1.29 is 4.79 Å². The zero-order valence-corrected chi connectivity index (χ0v) is 16.5. The van der Waals surface area contributed by atoms with Gasteiger partial charge in [-0.25, -0.2) is 0 Å². The van der Waals surface area contributed by atoms with Crippen LogP contribution in [0.4, 0.5) is 5.69 Å². The lowest BCUT2D eigenvalue weighted by Gasteiger charge is -2.11. The lowest BCUT2D eigenvalue weighted by Crippen LogP contribution is -2.15. The topological polar surface area (TPSA) is 44.4 Å². The van der Waals surface area contributed by atoms with E-state index in [4.69, 9.17) is 0 Å². The maximum absolute atomic E-state index is 12.4. The molecule has 25 heavy (non-hydrogen) atoms. The van der Waals surface area contributed by atoms with Crippen LogP contribution in [-0.4, -0.2) is 31.4 Å². The van der Waals surface area contributed by atoms with Crippen molar-refractivity contribution in [2.24, 2.45) is 0 Å². The molecular formula is C19H27Cl2N3O. The van der Waals surface area contributed by atoms with Gasteiger partial charge in [0.05, 0.1) is 0 Å². The van der Waals surface area contributed by atoms with Crippen molar-refractivity contribution in [3.8, 4) is 0 Å². The second-order valence-electron chi connectivity index (χ2n) is 5.87. The normalized spacial score (nSPS) is 9.92. The van der Waals surface area contributed by atoms with Gasteiger partial charge in [0, 0.05) is 24.3 Å². The van der Waals surface area contributed by atoms with Crippen LogP contribution < -0.4 is 10.6 Å². The van der Waals surface area contributed by atoms with Crippen molar-refractivity contribution in [1.29, 1.82) is 0 Å². The van der Waals surface area contributed by atoms with Crippen LogP contribution in [0.1, 0.15) is 28.4 Å². The van der Waals surface area contributed by atoms with Gasteiger partial charge < -0.3 is 15.5 Å². The summed E-state index contributed by atoms with van der Waals surface area (Å²) in [5.41, 5.74) is 3.79. The van der Waals surface area contributed by atoms with Crippen LogP contribution in [-0.2, 0) is 13.1 Å². The van der Waals surface area contributed by atoms with E-state index in [1.165, 1.54) is 0 Å². The molecule has 0 aromatic heterocycles. The van der Waals surface area contributed by atoms with Gasteiger partial charge in [0.1, 0.15) is 0 Å². The summed E-state index contributed by atoms with van der Waals surface area (Å²) >= 11 is 0. The molecule has 2 aromatic carbocycles. The molecule has 0 spiro atoms. The molecule has 0 bridgehead atoms. The third kappa shape index (κ3) is 7.88. The Morgan fingerprint density at radius 2 is 1.68 bits per heavy atom. The molecule has 6 heteroatoms. The highest BCUT2D eigenvalue weighted by molar-refractivity contribution is 6.04. The minimum atomic E-state index is -0.0776. The standard InChI is InChI=1S/C19H25N3O.2ClH/c1-4-20-13-15-7-6-10-18(12-15)21-19(23)17-9-5-8-16(11-17)14-22(2)3;;/h5-12,20H,4,13-14H2,1-3H3,(H,21,23);2*1H. The van der Waals surface area contributed by atoms with Gasteiger partial charge in [-0.2, -0.15) is 0 Å². The molecule has 0 radical (unpaired) electrons. The van der Waals surface area contributed by atoms with Gasteiger partial charge in [-0.15, -0.1) is 24.8 Å². The van der Waals surface area contributed by atoms with Crippen LogP contribution in [0.5, 0.6) is 0 Å². The van der Waals surface area contributed by atoms with E-state index in [2.05, 4.69) is 28.5 Å². The summed E-state index contributed by atoms with van der Waals surface area (Å²) in [7, 11) is 4.03. The summed E-state index contributed by atoms with van der Waals surface area (Å²) in [6.45, 7) is 4.62. The van der Waals surface area contributed by atoms with Gasteiger partial charge in [-0.1, -0.05) is 31.2 Å². The Balaban J connectivity index is 0.00000288. The number of anilines is 1. The first-order chi connectivity index (χ1) is 11.1. The molecule has 0 aliphatic carbocycles.